The zero-order valence-electron chi connectivity index (χ0n) is 16.5. The number of carbonyl (C=O) groups is 1. The molecule has 5 rings (SSSR count). The largest absolute Gasteiger partial charge is 0.327 e. The summed E-state index contributed by atoms with van der Waals surface area (Å²) in [4.78, 5) is 19.2. The average molecular weight is 399 g/mol. The fourth-order valence-corrected chi connectivity index (χ4v) is 4.31. The van der Waals surface area contributed by atoms with E-state index >= 15 is 0 Å². The maximum absolute atomic E-state index is 14.3. The Balaban J connectivity index is 1.48. The lowest BCUT2D eigenvalue weighted by Crippen LogP contribution is -2.25. The number of anilines is 1. The zero-order chi connectivity index (χ0) is 20.5. The van der Waals surface area contributed by atoms with Crippen molar-refractivity contribution in [3.05, 3.63) is 96.1 Å². The van der Waals surface area contributed by atoms with Crippen molar-refractivity contribution in [1.29, 1.82) is 0 Å². The molecule has 1 atom stereocenters. The first-order valence-electron chi connectivity index (χ1n) is 10.2. The number of hydrogen-bond acceptors (Lipinski definition) is 2. The Hall–Kier alpha value is -3.47. The van der Waals surface area contributed by atoms with Crippen LogP contribution in [0.4, 0.5) is 10.1 Å². The van der Waals surface area contributed by atoms with Gasteiger partial charge in [0.05, 0.1) is 16.7 Å². The molecule has 5 heteroatoms. The van der Waals surface area contributed by atoms with Crippen LogP contribution in [-0.2, 0) is 17.8 Å². The number of hydrogen-bond donors (Lipinski definition) is 0. The highest BCUT2D eigenvalue weighted by Crippen LogP contribution is 2.34. The van der Waals surface area contributed by atoms with Gasteiger partial charge in [-0.2, -0.15) is 0 Å². The van der Waals surface area contributed by atoms with Gasteiger partial charge in [-0.05, 0) is 36.2 Å². The monoisotopic (exact) mass is 399 g/mol. The van der Waals surface area contributed by atoms with Gasteiger partial charge < -0.3 is 9.47 Å². The van der Waals surface area contributed by atoms with E-state index in [-0.39, 0.29) is 17.6 Å². The van der Waals surface area contributed by atoms with Crippen LogP contribution in [0, 0.1) is 5.82 Å². The minimum absolute atomic E-state index is 0.0632. The highest BCUT2D eigenvalue weighted by atomic mass is 19.1. The highest BCUT2D eigenvalue weighted by molar-refractivity contribution is 5.96. The lowest BCUT2D eigenvalue weighted by molar-refractivity contribution is -0.117. The number of amides is 1. The number of carbonyl (C=O) groups excluding carboxylic acids is 1. The molecule has 1 aliphatic heterocycles. The van der Waals surface area contributed by atoms with Crippen molar-refractivity contribution in [3.8, 4) is 0 Å². The van der Waals surface area contributed by atoms with Crippen molar-refractivity contribution in [3.63, 3.8) is 0 Å². The number of aromatic nitrogens is 2. The third-order valence-electron chi connectivity index (χ3n) is 5.78. The van der Waals surface area contributed by atoms with Crippen molar-refractivity contribution in [1.82, 2.24) is 9.55 Å². The van der Waals surface area contributed by atoms with E-state index in [2.05, 4.69) is 22.8 Å². The predicted octanol–water partition coefficient (Wildman–Crippen LogP) is 4.94. The van der Waals surface area contributed by atoms with Gasteiger partial charge in [-0.15, -0.1) is 0 Å². The number of para-hydroxylation sites is 3. The molecule has 0 radical (unpaired) electrons. The Kier molecular flexibility index (Phi) is 4.79. The molecule has 150 valence electrons. The first-order valence-corrected chi connectivity index (χ1v) is 10.2. The number of halogens is 1. The molecule has 0 bridgehead atoms. The second kappa shape index (κ2) is 7.75. The van der Waals surface area contributed by atoms with Crippen LogP contribution in [0.1, 0.15) is 23.7 Å². The van der Waals surface area contributed by atoms with E-state index in [1.165, 1.54) is 11.6 Å². The fourth-order valence-electron chi connectivity index (χ4n) is 4.31. The Morgan fingerprint density at radius 2 is 1.67 bits per heavy atom. The number of benzene rings is 3. The quantitative estimate of drug-likeness (QED) is 0.477. The van der Waals surface area contributed by atoms with Gasteiger partial charge in [0.2, 0.25) is 5.91 Å². The van der Waals surface area contributed by atoms with Crippen molar-refractivity contribution in [2.75, 3.05) is 11.4 Å². The number of rotatable bonds is 5. The Labute approximate surface area is 174 Å². The van der Waals surface area contributed by atoms with Crippen LogP contribution < -0.4 is 4.90 Å². The Morgan fingerprint density at radius 3 is 2.50 bits per heavy atom. The molecule has 0 N–H and O–H groups in total. The second-order valence-electron chi connectivity index (χ2n) is 7.70. The lowest BCUT2D eigenvalue weighted by atomic mass is 10.1. The third kappa shape index (κ3) is 3.36. The normalized spacial score (nSPS) is 16.5. The summed E-state index contributed by atoms with van der Waals surface area (Å²) in [6, 6.07) is 24.9. The molecule has 0 saturated carbocycles. The summed E-state index contributed by atoms with van der Waals surface area (Å²) in [7, 11) is 0. The lowest BCUT2D eigenvalue weighted by Gasteiger charge is -2.18. The number of imidazole rings is 1. The van der Waals surface area contributed by atoms with Gasteiger partial charge >= 0.3 is 0 Å². The topological polar surface area (TPSA) is 38.1 Å². The number of aryl methyl sites for hydroxylation is 2. The van der Waals surface area contributed by atoms with E-state index in [4.69, 9.17) is 4.98 Å². The van der Waals surface area contributed by atoms with Gasteiger partial charge in [0.1, 0.15) is 11.6 Å². The van der Waals surface area contributed by atoms with Crippen LogP contribution in [-0.4, -0.2) is 22.0 Å². The SMILES string of the molecule is O=C1C[C@H](c2nc3ccccc3n2CCc2ccccc2)CN1c1ccccc1F. The summed E-state index contributed by atoms with van der Waals surface area (Å²) in [5, 5.41) is 0. The molecule has 0 unspecified atom stereocenters. The molecular formula is C25H22FN3O. The molecule has 0 spiro atoms. The van der Waals surface area contributed by atoms with Crippen molar-refractivity contribution in [2.24, 2.45) is 0 Å². The van der Waals surface area contributed by atoms with Gasteiger partial charge in [-0.3, -0.25) is 4.79 Å². The van der Waals surface area contributed by atoms with Crippen LogP contribution in [0.2, 0.25) is 0 Å². The molecule has 0 aliphatic carbocycles. The molecule has 1 amide bonds. The molecule has 2 heterocycles. The summed E-state index contributed by atoms with van der Waals surface area (Å²) in [5.74, 6) is 0.399. The summed E-state index contributed by atoms with van der Waals surface area (Å²) in [6.45, 7) is 1.22. The van der Waals surface area contributed by atoms with Crippen LogP contribution in [0.5, 0.6) is 0 Å². The van der Waals surface area contributed by atoms with Gasteiger partial charge in [-0.1, -0.05) is 54.6 Å². The molecular weight excluding hydrogens is 377 g/mol. The first-order chi connectivity index (χ1) is 14.7. The minimum atomic E-state index is -0.371. The predicted molar refractivity (Wildman–Crippen MR) is 116 cm³/mol. The number of nitrogens with zero attached hydrogens (tertiary/aromatic N) is 3. The van der Waals surface area contributed by atoms with Crippen molar-refractivity contribution < 1.29 is 9.18 Å². The second-order valence-corrected chi connectivity index (χ2v) is 7.70. The molecule has 1 saturated heterocycles. The van der Waals surface area contributed by atoms with E-state index in [1.807, 2.05) is 36.4 Å². The molecule has 1 aliphatic rings. The van der Waals surface area contributed by atoms with Crippen LogP contribution in [0.3, 0.4) is 0 Å². The molecule has 4 aromatic rings. The standard InChI is InChI=1S/C25H22FN3O/c26-20-10-4-6-12-22(20)29-17-19(16-24(29)30)25-27-21-11-5-7-13-23(21)28(25)15-14-18-8-2-1-3-9-18/h1-13,19H,14-17H2/t19-/m0/s1. The molecule has 4 nitrogen and oxygen atoms in total. The molecule has 30 heavy (non-hydrogen) atoms. The minimum Gasteiger partial charge on any atom is -0.327 e. The summed E-state index contributed by atoms with van der Waals surface area (Å²) >= 11 is 0. The molecule has 1 aromatic heterocycles. The van der Waals surface area contributed by atoms with Crippen molar-refractivity contribution in [2.45, 2.75) is 25.3 Å². The maximum atomic E-state index is 14.3. The van der Waals surface area contributed by atoms with E-state index in [9.17, 15) is 9.18 Å². The van der Waals surface area contributed by atoms with Gasteiger partial charge in [0.25, 0.3) is 0 Å². The van der Waals surface area contributed by atoms with Gasteiger partial charge in [0, 0.05) is 25.4 Å². The van der Waals surface area contributed by atoms with E-state index in [1.54, 1.807) is 23.1 Å². The Bertz CT molecular complexity index is 1200. The van der Waals surface area contributed by atoms with E-state index < -0.39 is 0 Å². The molecule has 1 fully saturated rings. The third-order valence-corrected chi connectivity index (χ3v) is 5.78. The van der Waals surface area contributed by atoms with E-state index in [0.29, 0.717) is 18.7 Å². The summed E-state index contributed by atoms with van der Waals surface area (Å²) in [5.41, 5.74) is 3.60. The van der Waals surface area contributed by atoms with Crippen molar-refractivity contribution >= 4 is 22.6 Å². The summed E-state index contributed by atoms with van der Waals surface area (Å²) in [6.07, 6.45) is 1.22. The van der Waals surface area contributed by atoms with Gasteiger partial charge in [-0.25, -0.2) is 9.37 Å². The zero-order valence-corrected chi connectivity index (χ0v) is 16.5. The smallest absolute Gasteiger partial charge is 0.227 e. The summed E-state index contributed by atoms with van der Waals surface area (Å²) < 4.78 is 16.5. The van der Waals surface area contributed by atoms with E-state index in [0.717, 1.165) is 29.8 Å². The average Bonchev–Trinajstić information content (AvgIpc) is 3.34. The van der Waals surface area contributed by atoms with Crippen LogP contribution in [0.25, 0.3) is 11.0 Å². The maximum Gasteiger partial charge on any atom is 0.227 e. The van der Waals surface area contributed by atoms with Crippen LogP contribution >= 0.6 is 0 Å². The number of fused-ring (bicyclic) bond motifs is 1. The van der Waals surface area contributed by atoms with Crippen LogP contribution in [0.15, 0.2) is 78.9 Å². The fraction of sp³-hybridized carbons (Fsp3) is 0.200. The first kappa shape index (κ1) is 18.6. The highest BCUT2D eigenvalue weighted by Gasteiger charge is 2.35. The van der Waals surface area contributed by atoms with Gasteiger partial charge in [0.15, 0.2) is 0 Å². The Morgan fingerprint density at radius 1 is 0.933 bits per heavy atom. The molecule has 3 aromatic carbocycles.